The highest BCUT2D eigenvalue weighted by Gasteiger charge is 2.17. The minimum atomic E-state index is -0.694. The van der Waals surface area contributed by atoms with E-state index in [4.69, 9.17) is 9.47 Å². The number of carbonyl (C=O) groups is 2. The molecule has 2 amide bonds. The highest BCUT2D eigenvalue weighted by molar-refractivity contribution is 9.10. The lowest BCUT2D eigenvalue weighted by Gasteiger charge is -2.09. The first-order chi connectivity index (χ1) is 16.9. The van der Waals surface area contributed by atoms with Crippen LogP contribution in [0.4, 0.5) is 5.69 Å². The number of ether oxygens (including phenoxy) is 2. The number of rotatable bonds is 7. The number of nitrogens with one attached hydrogen (secondary N) is 2. The van der Waals surface area contributed by atoms with Gasteiger partial charge in [0, 0.05) is 27.7 Å². The van der Waals surface area contributed by atoms with Gasteiger partial charge in [0.05, 0.1) is 11.1 Å². The molecule has 0 atom stereocenters. The number of hydrogen-bond acceptors (Lipinski definition) is 7. The Hall–Kier alpha value is -4.51. The fraction of sp³-hybridized carbons (Fsp3) is 0.0417. The van der Waals surface area contributed by atoms with Gasteiger partial charge in [0.1, 0.15) is 5.70 Å². The molecule has 1 aliphatic rings. The Morgan fingerprint density at radius 1 is 1.03 bits per heavy atom. The summed E-state index contributed by atoms with van der Waals surface area (Å²) in [6.07, 6.45) is 2.80. The first kappa shape index (κ1) is 23.6. The average molecular weight is 537 g/mol. The van der Waals surface area contributed by atoms with E-state index in [1.807, 2.05) is 0 Å². The number of nitro benzene ring substituents is 1. The highest BCUT2D eigenvalue weighted by atomic mass is 79.9. The predicted molar refractivity (Wildman–Crippen MR) is 131 cm³/mol. The Kier molecular flexibility index (Phi) is 7.17. The van der Waals surface area contributed by atoms with Crippen LogP contribution in [-0.4, -0.2) is 29.7 Å². The van der Waals surface area contributed by atoms with E-state index in [9.17, 15) is 19.7 Å². The molecule has 2 N–H and O–H groups in total. The maximum absolute atomic E-state index is 12.9. The first-order valence-corrected chi connectivity index (χ1v) is 10.9. The van der Waals surface area contributed by atoms with Gasteiger partial charge in [-0.05, 0) is 64.0 Å². The number of carbonyl (C=O) groups excluding carboxylic acids is 2. The molecule has 176 valence electrons. The first-order valence-electron chi connectivity index (χ1n) is 10.2. The smallest absolute Gasteiger partial charge is 0.287 e. The SMILES string of the molecule is O=C(N/N=C\c1cc2c(cc1Br)OCO2)/C(=C/c1ccc([N+](=O)[O-])cc1)NC(=O)c1ccccc1. The number of amides is 2. The molecule has 0 radical (unpaired) electrons. The third kappa shape index (κ3) is 5.89. The number of nitrogens with zero attached hydrogens (tertiary/aromatic N) is 2. The summed E-state index contributed by atoms with van der Waals surface area (Å²) in [5, 5.41) is 17.4. The second-order valence-corrected chi connectivity index (χ2v) is 8.01. The van der Waals surface area contributed by atoms with Crippen molar-refractivity contribution in [1.82, 2.24) is 10.7 Å². The molecule has 0 aromatic heterocycles. The molecule has 0 bridgehead atoms. The summed E-state index contributed by atoms with van der Waals surface area (Å²) in [6, 6.07) is 17.3. The Labute approximate surface area is 207 Å². The van der Waals surface area contributed by atoms with Gasteiger partial charge in [-0.15, -0.1) is 0 Å². The molecule has 0 saturated heterocycles. The van der Waals surface area contributed by atoms with Gasteiger partial charge in [-0.2, -0.15) is 5.10 Å². The van der Waals surface area contributed by atoms with E-state index in [2.05, 4.69) is 31.8 Å². The van der Waals surface area contributed by atoms with Crippen LogP contribution in [0.3, 0.4) is 0 Å². The molecule has 4 rings (SSSR count). The number of non-ortho nitro benzene ring substituents is 1. The minimum absolute atomic E-state index is 0.0969. The number of halogens is 1. The van der Waals surface area contributed by atoms with Crippen molar-refractivity contribution in [2.24, 2.45) is 5.10 Å². The quantitative estimate of drug-likeness (QED) is 0.203. The van der Waals surface area contributed by atoms with Gasteiger partial charge in [-0.25, -0.2) is 5.43 Å². The molecule has 1 aliphatic heterocycles. The van der Waals surface area contributed by atoms with Crippen molar-refractivity contribution >= 4 is 45.7 Å². The molecule has 10 nitrogen and oxygen atoms in total. The summed E-state index contributed by atoms with van der Waals surface area (Å²) in [5.74, 6) is -0.0537. The molecule has 3 aromatic carbocycles. The van der Waals surface area contributed by atoms with Crippen LogP contribution in [0, 0.1) is 10.1 Å². The molecule has 0 saturated carbocycles. The number of benzene rings is 3. The van der Waals surface area contributed by atoms with Gasteiger partial charge in [0.25, 0.3) is 17.5 Å². The topological polar surface area (TPSA) is 132 Å². The number of fused-ring (bicyclic) bond motifs is 1. The van der Waals surface area contributed by atoms with Crippen LogP contribution in [0.5, 0.6) is 11.5 Å². The Morgan fingerprint density at radius 3 is 2.40 bits per heavy atom. The maximum Gasteiger partial charge on any atom is 0.287 e. The van der Waals surface area contributed by atoms with E-state index in [0.717, 1.165) is 0 Å². The fourth-order valence-corrected chi connectivity index (χ4v) is 3.48. The van der Waals surface area contributed by atoms with E-state index in [1.54, 1.807) is 42.5 Å². The maximum atomic E-state index is 12.9. The van der Waals surface area contributed by atoms with Crippen LogP contribution in [-0.2, 0) is 4.79 Å². The summed E-state index contributed by atoms with van der Waals surface area (Å²) < 4.78 is 11.3. The van der Waals surface area contributed by atoms with Crippen molar-refractivity contribution in [2.75, 3.05) is 6.79 Å². The van der Waals surface area contributed by atoms with E-state index < -0.39 is 16.7 Å². The van der Waals surface area contributed by atoms with Crippen LogP contribution in [0.15, 0.2) is 82.0 Å². The van der Waals surface area contributed by atoms with Crippen molar-refractivity contribution in [2.45, 2.75) is 0 Å². The van der Waals surface area contributed by atoms with E-state index >= 15 is 0 Å². The Bertz CT molecular complexity index is 1340. The Balaban J connectivity index is 1.55. The minimum Gasteiger partial charge on any atom is -0.454 e. The lowest BCUT2D eigenvalue weighted by Crippen LogP contribution is -2.32. The highest BCUT2D eigenvalue weighted by Crippen LogP contribution is 2.36. The van der Waals surface area contributed by atoms with Crippen LogP contribution >= 0.6 is 15.9 Å². The number of hydrogen-bond donors (Lipinski definition) is 2. The summed E-state index contributed by atoms with van der Waals surface area (Å²) in [4.78, 5) is 35.9. The summed E-state index contributed by atoms with van der Waals surface area (Å²) >= 11 is 3.41. The molecule has 35 heavy (non-hydrogen) atoms. The van der Waals surface area contributed by atoms with Crippen LogP contribution in [0.25, 0.3) is 6.08 Å². The second kappa shape index (κ2) is 10.6. The van der Waals surface area contributed by atoms with Gasteiger partial charge < -0.3 is 14.8 Å². The predicted octanol–water partition coefficient (Wildman–Crippen LogP) is 4.01. The molecular weight excluding hydrogens is 520 g/mol. The third-order valence-electron chi connectivity index (χ3n) is 4.81. The van der Waals surface area contributed by atoms with Crippen molar-refractivity contribution in [3.63, 3.8) is 0 Å². The van der Waals surface area contributed by atoms with Crippen molar-refractivity contribution < 1.29 is 24.0 Å². The van der Waals surface area contributed by atoms with Gasteiger partial charge in [0.15, 0.2) is 11.5 Å². The average Bonchev–Trinajstić information content (AvgIpc) is 3.31. The fourth-order valence-electron chi connectivity index (χ4n) is 3.05. The normalized spacial score (nSPS) is 12.4. The van der Waals surface area contributed by atoms with Crippen LogP contribution in [0.1, 0.15) is 21.5 Å². The zero-order valence-electron chi connectivity index (χ0n) is 17.9. The summed E-state index contributed by atoms with van der Waals surface area (Å²) in [6.45, 7) is 0.122. The summed E-state index contributed by atoms with van der Waals surface area (Å²) in [7, 11) is 0. The summed E-state index contributed by atoms with van der Waals surface area (Å²) in [5.41, 5.74) is 3.63. The molecule has 0 unspecified atom stereocenters. The van der Waals surface area contributed by atoms with Gasteiger partial charge >= 0.3 is 0 Å². The second-order valence-electron chi connectivity index (χ2n) is 7.15. The molecule has 0 fully saturated rings. The molecule has 3 aromatic rings. The van der Waals surface area contributed by atoms with E-state index in [0.29, 0.717) is 32.7 Å². The number of hydrazone groups is 1. The standard InChI is InChI=1S/C24H17BrN4O6/c25-19-12-22-21(34-14-35-22)11-17(19)13-26-28-24(31)20(27-23(30)16-4-2-1-3-5-16)10-15-6-8-18(9-7-15)29(32)33/h1-13H,14H2,(H,27,30)(H,28,31)/b20-10-,26-13-. The molecule has 11 heteroatoms. The zero-order valence-corrected chi connectivity index (χ0v) is 19.5. The Morgan fingerprint density at radius 2 is 1.71 bits per heavy atom. The molecule has 0 aliphatic carbocycles. The lowest BCUT2D eigenvalue weighted by atomic mass is 10.1. The van der Waals surface area contributed by atoms with Crippen molar-refractivity contribution in [1.29, 1.82) is 0 Å². The molecule has 0 spiro atoms. The van der Waals surface area contributed by atoms with Gasteiger partial charge in [0.2, 0.25) is 6.79 Å². The lowest BCUT2D eigenvalue weighted by molar-refractivity contribution is -0.384. The number of nitro groups is 1. The zero-order chi connectivity index (χ0) is 24.8. The largest absolute Gasteiger partial charge is 0.454 e. The molecular formula is C24H17BrN4O6. The van der Waals surface area contributed by atoms with Gasteiger partial charge in [-0.1, -0.05) is 18.2 Å². The van der Waals surface area contributed by atoms with E-state index in [1.165, 1.54) is 36.6 Å². The van der Waals surface area contributed by atoms with Crippen molar-refractivity contribution in [3.8, 4) is 11.5 Å². The van der Waals surface area contributed by atoms with E-state index in [-0.39, 0.29) is 18.2 Å². The van der Waals surface area contributed by atoms with Crippen LogP contribution in [0.2, 0.25) is 0 Å². The van der Waals surface area contributed by atoms with Gasteiger partial charge in [-0.3, -0.25) is 19.7 Å². The third-order valence-corrected chi connectivity index (χ3v) is 5.49. The molecule has 1 heterocycles. The van der Waals surface area contributed by atoms with Crippen LogP contribution < -0.4 is 20.2 Å². The monoisotopic (exact) mass is 536 g/mol. The van der Waals surface area contributed by atoms with Crippen molar-refractivity contribution in [3.05, 3.63) is 104 Å².